The number of benzene rings is 1. The van der Waals surface area contributed by atoms with E-state index in [1.807, 2.05) is 43.7 Å². The van der Waals surface area contributed by atoms with Gasteiger partial charge in [0.1, 0.15) is 0 Å². The molecule has 0 radical (unpaired) electrons. The molecule has 3 heterocycles. The molecule has 0 aliphatic carbocycles. The summed E-state index contributed by atoms with van der Waals surface area (Å²) in [5, 5.41) is 8.42. The van der Waals surface area contributed by atoms with Crippen molar-refractivity contribution in [1.82, 2.24) is 14.8 Å². The van der Waals surface area contributed by atoms with Crippen molar-refractivity contribution >= 4 is 28.3 Å². The zero-order chi connectivity index (χ0) is 20.4. The third-order valence-electron chi connectivity index (χ3n) is 5.65. The van der Waals surface area contributed by atoms with Gasteiger partial charge in [-0.2, -0.15) is 5.10 Å². The molecule has 0 saturated carbocycles. The van der Waals surface area contributed by atoms with Crippen molar-refractivity contribution in [3.63, 3.8) is 0 Å². The number of nitrogens with one attached hydrogen (secondary N) is 1. The average molecular weight is 392 g/mol. The van der Waals surface area contributed by atoms with Gasteiger partial charge in [0.25, 0.3) is 5.91 Å². The zero-order valence-corrected chi connectivity index (χ0v) is 17.5. The summed E-state index contributed by atoms with van der Waals surface area (Å²) >= 11 is 0. The number of fused-ring (bicyclic) bond motifs is 1. The minimum Gasteiger partial charge on any atom is -0.372 e. The fourth-order valence-corrected chi connectivity index (χ4v) is 4.16. The summed E-state index contributed by atoms with van der Waals surface area (Å²) in [5.74, 6) is -0.123. The number of aromatic nitrogens is 3. The summed E-state index contributed by atoms with van der Waals surface area (Å²) in [5.41, 5.74) is 5.07. The maximum absolute atomic E-state index is 13.1. The number of pyridine rings is 1. The molecule has 0 atom stereocenters. The number of aryl methyl sites for hydroxylation is 3. The molecule has 6 nitrogen and oxygen atoms in total. The molecular weight excluding hydrogens is 362 g/mol. The van der Waals surface area contributed by atoms with Crippen LogP contribution in [-0.2, 0) is 6.54 Å². The molecule has 1 aromatic carbocycles. The lowest BCUT2D eigenvalue weighted by atomic mass is 10.1. The largest absolute Gasteiger partial charge is 0.372 e. The van der Waals surface area contributed by atoms with E-state index in [2.05, 4.69) is 32.4 Å². The first-order valence-electron chi connectivity index (χ1n) is 10.6. The van der Waals surface area contributed by atoms with E-state index in [9.17, 15) is 4.79 Å². The summed E-state index contributed by atoms with van der Waals surface area (Å²) in [4.78, 5) is 20.1. The molecule has 0 bridgehead atoms. The number of hydrogen-bond donors (Lipinski definition) is 1. The predicted molar refractivity (Wildman–Crippen MR) is 118 cm³/mol. The Morgan fingerprint density at radius 2 is 1.76 bits per heavy atom. The van der Waals surface area contributed by atoms with Crippen LogP contribution in [0.15, 0.2) is 30.3 Å². The molecule has 1 saturated heterocycles. The second-order valence-corrected chi connectivity index (χ2v) is 7.81. The van der Waals surface area contributed by atoms with Crippen molar-refractivity contribution in [2.24, 2.45) is 0 Å². The van der Waals surface area contributed by atoms with Crippen LogP contribution in [-0.4, -0.2) is 33.8 Å². The number of rotatable bonds is 4. The van der Waals surface area contributed by atoms with Crippen molar-refractivity contribution in [2.45, 2.75) is 53.0 Å². The molecule has 4 rings (SSSR count). The molecule has 1 aliphatic heterocycles. The summed E-state index contributed by atoms with van der Waals surface area (Å²) < 4.78 is 1.85. The Morgan fingerprint density at radius 3 is 2.41 bits per heavy atom. The van der Waals surface area contributed by atoms with Gasteiger partial charge in [0.05, 0.1) is 16.6 Å². The van der Waals surface area contributed by atoms with Crippen LogP contribution in [0.2, 0.25) is 0 Å². The smallest absolute Gasteiger partial charge is 0.256 e. The predicted octanol–water partition coefficient (Wildman–Crippen LogP) is 4.70. The standard InChI is InChI=1S/C23H29N5O/c1-4-28-22-21(17(3)26-28)20(15-16(2)24-22)23(29)25-18-9-11-19(12-10-18)27-13-7-5-6-8-14-27/h9-12,15H,4-8,13-14H2,1-3H3,(H,25,29). The molecule has 3 aromatic rings. The molecule has 0 unspecified atom stereocenters. The van der Waals surface area contributed by atoms with Crippen molar-refractivity contribution in [1.29, 1.82) is 0 Å². The van der Waals surface area contributed by atoms with E-state index in [1.54, 1.807) is 0 Å². The number of hydrogen-bond acceptors (Lipinski definition) is 4. The van der Waals surface area contributed by atoms with Gasteiger partial charge in [0.15, 0.2) is 5.65 Å². The lowest BCUT2D eigenvalue weighted by Crippen LogP contribution is -2.23. The van der Waals surface area contributed by atoms with Gasteiger partial charge < -0.3 is 10.2 Å². The van der Waals surface area contributed by atoms with Crippen LogP contribution in [0.5, 0.6) is 0 Å². The summed E-state index contributed by atoms with van der Waals surface area (Å²) in [7, 11) is 0. The molecule has 152 valence electrons. The maximum atomic E-state index is 13.1. The first kappa shape index (κ1) is 19.4. The quantitative estimate of drug-likeness (QED) is 0.700. The highest BCUT2D eigenvalue weighted by molar-refractivity contribution is 6.12. The average Bonchev–Trinajstić information content (AvgIpc) is 2.89. The van der Waals surface area contributed by atoms with E-state index in [0.717, 1.165) is 47.7 Å². The molecule has 0 spiro atoms. The second kappa shape index (κ2) is 8.23. The van der Waals surface area contributed by atoms with Gasteiger partial charge in [-0.25, -0.2) is 9.67 Å². The van der Waals surface area contributed by atoms with Crippen molar-refractivity contribution in [3.05, 3.63) is 47.3 Å². The number of nitrogens with zero attached hydrogens (tertiary/aromatic N) is 4. The highest BCUT2D eigenvalue weighted by atomic mass is 16.1. The fourth-order valence-electron chi connectivity index (χ4n) is 4.16. The Bertz CT molecular complexity index is 1010. The van der Waals surface area contributed by atoms with Crippen LogP contribution in [0.4, 0.5) is 11.4 Å². The first-order chi connectivity index (χ1) is 14.1. The summed E-state index contributed by atoms with van der Waals surface area (Å²) in [6, 6.07) is 10.0. The van der Waals surface area contributed by atoms with Crippen LogP contribution >= 0.6 is 0 Å². The molecule has 29 heavy (non-hydrogen) atoms. The summed E-state index contributed by atoms with van der Waals surface area (Å²) in [6.45, 7) is 8.81. The minimum absolute atomic E-state index is 0.123. The Kier molecular flexibility index (Phi) is 5.51. The van der Waals surface area contributed by atoms with E-state index in [4.69, 9.17) is 0 Å². The zero-order valence-electron chi connectivity index (χ0n) is 17.5. The van der Waals surface area contributed by atoms with E-state index >= 15 is 0 Å². The molecule has 2 aromatic heterocycles. The number of anilines is 2. The third-order valence-corrected chi connectivity index (χ3v) is 5.65. The van der Waals surface area contributed by atoms with Gasteiger partial charge in [-0.05, 0) is 63.9 Å². The van der Waals surface area contributed by atoms with Gasteiger partial charge in [-0.3, -0.25) is 4.79 Å². The highest BCUT2D eigenvalue weighted by Crippen LogP contribution is 2.25. The normalized spacial score (nSPS) is 14.8. The first-order valence-corrected chi connectivity index (χ1v) is 10.6. The van der Waals surface area contributed by atoms with E-state index < -0.39 is 0 Å². The van der Waals surface area contributed by atoms with E-state index in [-0.39, 0.29) is 5.91 Å². The van der Waals surface area contributed by atoms with Crippen molar-refractivity contribution in [2.75, 3.05) is 23.3 Å². The molecular formula is C23H29N5O. The Balaban J connectivity index is 1.57. The minimum atomic E-state index is -0.123. The topological polar surface area (TPSA) is 63.1 Å². The van der Waals surface area contributed by atoms with Crippen molar-refractivity contribution in [3.8, 4) is 0 Å². The molecule has 6 heteroatoms. The van der Waals surface area contributed by atoms with Crippen LogP contribution in [0.1, 0.15) is 54.4 Å². The highest BCUT2D eigenvalue weighted by Gasteiger charge is 2.18. The maximum Gasteiger partial charge on any atom is 0.256 e. The Labute approximate surface area is 171 Å². The van der Waals surface area contributed by atoms with Crippen LogP contribution in [0.3, 0.4) is 0 Å². The van der Waals surface area contributed by atoms with Gasteiger partial charge in [-0.15, -0.1) is 0 Å². The Hall–Kier alpha value is -2.89. The number of carbonyl (C=O) groups is 1. The van der Waals surface area contributed by atoms with Gasteiger partial charge in [-0.1, -0.05) is 12.8 Å². The Morgan fingerprint density at radius 1 is 1.07 bits per heavy atom. The number of carbonyl (C=O) groups excluding carboxylic acids is 1. The third kappa shape index (κ3) is 3.97. The fraction of sp³-hybridized carbons (Fsp3) is 0.435. The number of amides is 1. The van der Waals surface area contributed by atoms with Crippen LogP contribution in [0.25, 0.3) is 11.0 Å². The molecule has 1 N–H and O–H groups in total. The van der Waals surface area contributed by atoms with Crippen LogP contribution < -0.4 is 10.2 Å². The lowest BCUT2D eigenvalue weighted by Gasteiger charge is -2.22. The molecule has 1 amide bonds. The molecule has 1 fully saturated rings. The molecule has 1 aliphatic rings. The van der Waals surface area contributed by atoms with Gasteiger partial charge >= 0.3 is 0 Å². The van der Waals surface area contributed by atoms with Crippen molar-refractivity contribution < 1.29 is 4.79 Å². The van der Waals surface area contributed by atoms with Crippen LogP contribution in [0, 0.1) is 13.8 Å². The summed E-state index contributed by atoms with van der Waals surface area (Å²) in [6.07, 6.45) is 5.14. The van der Waals surface area contributed by atoms with E-state index in [0.29, 0.717) is 5.56 Å². The van der Waals surface area contributed by atoms with E-state index in [1.165, 1.54) is 31.4 Å². The van der Waals surface area contributed by atoms with Gasteiger partial charge in [0, 0.05) is 36.7 Å². The lowest BCUT2D eigenvalue weighted by molar-refractivity contribution is 0.102. The SMILES string of the molecule is CCn1nc(C)c2c(C(=O)Nc3ccc(N4CCCCCC4)cc3)cc(C)nc21. The second-order valence-electron chi connectivity index (χ2n) is 7.81. The van der Waals surface area contributed by atoms with Gasteiger partial charge in [0.2, 0.25) is 0 Å². The monoisotopic (exact) mass is 391 g/mol.